The maximum atomic E-state index is 14.5. The Morgan fingerprint density at radius 3 is 1.44 bits per heavy atom. The van der Waals surface area contributed by atoms with Crippen LogP contribution in [0.1, 0.15) is 67.3 Å². The lowest BCUT2D eigenvalue weighted by Gasteiger charge is -2.21. The van der Waals surface area contributed by atoms with Crippen LogP contribution in [0.3, 0.4) is 0 Å². The molecule has 0 bridgehead atoms. The van der Waals surface area contributed by atoms with Gasteiger partial charge in [0.15, 0.2) is 12.2 Å². The number of phosphoric acid groups is 1. The van der Waals surface area contributed by atoms with E-state index in [1.807, 2.05) is 0 Å². The summed E-state index contributed by atoms with van der Waals surface area (Å²) >= 11 is 0. The number of nitrogens with one attached hydrogen (secondary N) is 1. The standard InChI is InChI=1S/C22H23F2N2O12P.C22H22F2N2O9.C6H15N/c1-34-14-4-11-5-15(37-18(11)12(6-14)8-27)9-35-17(28)7-13-2-3-26(21(30)25-13)20-22(23,24)19(29)16(38-20)10-36-39(31,32)33;1-32-14-4-11-5-15(34-18(11)12(6-14)8-27)10-33-17(29)7-13-2-3-26(21(31)25-13)20-22(23,24)19(30)16(9-28)35-20;1-4-7(5-2)6-3/h2-6,16,19-20,27,29H,7-10H2,1H3,(H2,31,32,33);2-6,16,19-20,27-28,30H,7-10H2,1H3;4-6H2,1-3H3/t2*16-,19-,20-;/m11./s1. The highest BCUT2D eigenvalue weighted by Gasteiger charge is 2.60. The van der Waals surface area contributed by atoms with Crippen LogP contribution in [0, 0.1) is 0 Å². The van der Waals surface area contributed by atoms with Gasteiger partial charge in [0.1, 0.15) is 59.6 Å². The summed E-state index contributed by atoms with van der Waals surface area (Å²) in [4.78, 5) is 77.4. The molecule has 31 heteroatoms. The average molecular weight is 1170 g/mol. The van der Waals surface area contributed by atoms with Gasteiger partial charge >= 0.3 is 35.2 Å². The third kappa shape index (κ3) is 15.5. The summed E-state index contributed by atoms with van der Waals surface area (Å²) in [6, 6.07) is 12.0. The lowest BCUT2D eigenvalue weighted by molar-refractivity contribution is -0.894. The predicted octanol–water partition coefficient (Wildman–Crippen LogP) is 0.740. The Morgan fingerprint density at radius 2 is 1.11 bits per heavy atom. The number of nitrogens with zero attached hydrogens (tertiary/aromatic N) is 4. The number of fused-ring (bicyclic) bond motifs is 2. The Morgan fingerprint density at radius 1 is 0.704 bits per heavy atom. The Balaban J connectivity index is 0.000000234. The zero-order valence-electron chi connectivity index (χ0n) is 44.1. The summed E-state index contributed by atoms with van der Waals surface area (Å²) in [5.41, 5.74) is -0.764. The quantitative estimate of drug-likeness (QED) is 0.0297. The number of hydrogen-bond acceptors (Lipinski definition) is 22. The molecule has 0 amide bonds. The Kier molecular flexibility index (Phi) is 21.5. The molecule has 2 aromatic carbocycles. The van der Waals surface area contributed by atoms with Gasteiger partial charge in [-0.25, -0.2) is 9.59 Å². The molecule has 0 radical (unpaired) electrons. The first-order chi connectivity index (χ1) is 38.3. The van der Waals surface area contributed by atoms with Crippen molar-refractivity contribution in [2.45, 2.75) is 109 Å². The highest BCUT2D eigenvalue weighted by atomic mass is 31.2. The Bertz CT molecular complexity index is 3280. The van der Waals surface area contributed by atoms with Crippen LogP contribution in [0.15, 0.2) is 79.3 Å². The van der Waals surface area contributed by atoms with Crippen LogP contribution in [0.5, 0.6) is 11.5 Å². The van der Waals surface area contributed by atoms with E-state index in [4.69, 9.17) is 47.3 Å². The first kappa shape index (κ1) is 63.5. The summed E-state index contributed by atoms with van der Waals surface area (Å²) in [5.74, 6) is -7.90. The maximum Gasteiger partial charge on any atom is 0.350 e. The first-order valence-corrected chi connectivity index (χ1v) is 26.3. The molecule has 6 aromatic rings. The number of alkyl halides is 4. The second kappa shape index (κ2) is 27.4. The fourth-order valence-corrected chi connectivity index (χ4v) is 8.74. The summed E-state index contributed by atoms with van der Waals surface area (Å²) < 4.78 is 115. The van der Waals surface area contributed by atoms with Gasteiger partial charge in [0, 0.05) is 34.3 Å². The normalized spacial score (nSPS) is 20.8. The van der Waals surface area contributed by atoms with Gasteiger partial charge in [-0.2, -0.15) is 27.5 Å². The number of phosphoric ester groups is 1. The van der Waals surface area contributed by atoms with Crippen molar-refractivity contribution in [2.75, 3.05) is 47.1 Å². The number of methoxy groups -OCH3 is 2. The molecule has 2 aliphatic heterocycles. The van der Waals surface area contributed by atoms with Gasteiger partial charge in [0.05, 0.1) is 84.5 Å². The highest BCUT2D eigenvalue weighted by molar-refractivity contribution is 7.44. The largest absolute Gasteiger partial charge is 0.756 e. The van der Waals surface area contributed by atoms with Crippen molar-refractivity contribution < 1.29 is 114 Å². The van der Waals surface area contributed by atoms with E-state index in [1.54, 1.807) is 41.3 Å². The molecule has 8 rings (SSSR count). The summed E-state index contributed by atoms with van der Waals surface area (Å²) in [5, 5.41) is 48.8. The van der Waals surface area contributed by atoms with Crippen molar-refractivity contribution in [3.8, 4) is 11.5 Å². The molecule has 4 aromatic heterocycles. The number of ether oxygens (including phenoxy) is 6. The van der Waals surface area contributed by atoms with Gasteiger partial charge in [-0.3, -0.25) is 23.3 Å². The summed E-state index contributed by atoms with van der Waals surface area (Å²) in [6.45, 7) is 7.38. The summed E-state index contributed by atoms with van der Waals surface area (Å²) in [6.07, 6.45) is -12.0. The smallest absolute Gasteiger partial charge is 0.350 e. The monoisotopic (exact) mass is 1170 g/mol. The van der Waals surface area contributed by atoms with Crippen LogP contribution in [0.2, 0.25) is 0 Å². The van der Waals surface area contributed by atoms with Crippen molar-refractivity contribution >= 4 is 41.7 Å². The van der Waals surface area contributed by atoms with Crippen LogP contribution >= 0.6 is 7.82 Å². The number of furan rings is 2. The predicted molar refractivity (Wildman–Crippen MR) is 267 cm³/mol. The van der Waals surface area contributed by atoms with E-state index in [-0.39, 0.29) is 43.6 Å². The number of hydrogen-bond donors (Lipinski definition) is 7. The summed E-state index contributed by atoms with van der Waals surface area (Å²) in [7, 11) is -2.33. The molecule has 81 heavy (non-hydrogen) atoms. The molecule has 7 N–H and O–H groups in total. The van der Waals surface area contributed by atoms with Crippen LogP contribution in [0.4, 0.5) is 17.6 Å². The first-order valence-electron chi connectivity index (χ1n) is 24.8. The minimum atomic E-state index is -5.28. The van der Waals surface area contributed by atoms with Crippen molar-refractivity contribution in [1.29, 1.82) is 0 Å². The molecule has 2 fully saturated rings. The lowest BCUT2D eigenvalue weighted by Crippen LogP contribution is -3.11. The third-order valence-electron chi connectivity index (χ3n) is 12.8. The van der Waals surface area contributed by atoms with Crippen LogP contribution in [0.25, 0.3) is 21.9 Å². The number of benzene rings is 2. The van der Waals surface area contributed by atoms with E-state index in [0.717, 1.165) is 18.5 Å². The van der Waals surface area contributed by atoms with E-state index in [9.17, 15) is 66.6 Å². The fraction of sp³-hybridized carbons (Fsp3) is 0.480. The lowest BCUT2D eigenvalue weighted by atomic mass is 10.1. The number of carbonyl (C=O) groups is 2. The molecular formula is C50H60F4N5O21P. The number of halogens is 4. The second-order valence-corrected chi connectivity index (χ2v) is 19.3. The van der Waals surface area contributed by atoms with Gasteiger partial charge in [0.25, 0.3) is 7.82 Å². The topological polar surface area (TPSA) is 361 Å². The van der Waals surface area contributed by atoms with Gasteiger partial charge in [-0.1, -0.05) is 0 Å². The number of aliphatic hydroxyl groups excluding tert-OH is 5. The minimum Gasteiger partial charge on any atom is -0.756 e. The molecule has 0 saturated carbocycles. The molecular weight excluding hydrogens is 1110 g/mol. The van der Waals surface area contributed by atoms with Crippen LogP contribution in [-0.4, -0.2) is 145 Å². The van der Waals surface area contributed by atoms with Gasteiger partial charge in [0.2, 0.25) is 12.5 Å². The van der Waals surface area contributed by atoms with E-state index in [1.165, 1.54) is 39.9 Å². The van der Waals surface area contributed by atoms with Gasteiger partial charge in [-0.05, 0) is 69.3 Å². The molecule has 0 spiro atoms. The Hall–Kier alpha value is -6.67. The second-order valence-electron chi connectivity index (χ2n) is 18.1. The zero-order chi connectivity index (χ0) is 59.6. The maximum absolute atomic E-state index is 14.5. The molecule has 2 aliphatic rings. The number of aliphatic hydroxyl groups is 5. The van der Waals surface area contributed by atoms with Crippen molar-refractivity contribution in [1.82, 2.24) is 19.1 Å². The van der Waals surface area contributed by atoms with Gasteiger partial charge < -0.3 is 82.0 Å². The average Bonchev–Trinajstić information content (AvgIpc) is 4.26. The molecule has 7 atom stereocenters. The molecule has 6 heterocycles. The SMILES string of the molecule is CC[NH+](CC)CC.COc1cc(CO)c2oc(COC(=O)Cc3ccn([C@@H]4O[C@H](CO)[C@@H](O)C4(F)F)c(=O)n3)cc2c1.COc1cc(CO)c2oc(COC(=O)Cc3ccn([C@@H]4O[C@H](COP(=O)([O-])O)[C@@H](O)C4(F)F)c(=O)n3)cc2c1. The van der Waals surface area contributed by atoms with E-state index >= 15 is 0 Å². The number of carbonyl (C=O) groups excluding carboxylic acids is 2. The number of esters is 2. The molecule has 444 valence electrons. The molecule has 0 aliphatic carbocycles. The van der Waals surface area contributed by atoms with Crippen molar-refractivity contribution in [3.63, 3.8) is 0 Å². The van der Waals surface area contributed by atoms with Crippen molar-refractivity contribution in [3.05, 3.63) is 116 Å². The van der Waals surface area contributed by atoms with Crippen molar-refractivity contribution in [2.24, 2.45) is 0 Å². The van der Waals surface area contributed by atoms with E-state index in [0.29, 0.717) is 59.5 Å². The Labute approximate surface area is 456 Å². The minimum absolute atomic E-state index is 0.0336. The van der Waals surface area contributed by atoms with Crippen LogP contribution < -0.4 is 30.6 Å². The van der Waals surface area contributed by atoms with E-state index in [2.05, 4.69) is 35.3 Å². The molecule has 2 saturated heterocycles. The molecule has 1 unspecified atom stereocenters. The fourth-order valence-electron chi connectivity index (χ4n) is 8.40. The molecule has 26 nitrogen and oxygen atoms in total. The zero-order valence-corrected chi connectivity index (χ0v) is 45.0. The highest BCUT2D eigenvalue weighted by Crippen LogP contribution is 2.44. The third-order valence-corrected chi connectivity index (χ3v) is 13.2. The van der Waals surface area contributed by atoms with Gasteiger partial charge in [-0.15, -0.1) is 0 Å². The van der Waals surface area contributed by atoms with Crippen LogP contribution in [-0.2, 0) is 76.9 Å². The number of rotatable bonds is 21. The number of quaternary nitrogens is 1. The van der Waals surface area contributed by atoms with E-state index < -0.39 is 106 Å². The number of aromatic nitrogens is 4.